The molecule has 0 aliphatic heterocycles. The second kappa shape index (κ2) is 6.03. The molecule has 0 aromatic heterocycles. The molecule has 2 N–H and O–H groups in total. The van der Waals surface area contributed by atoms with Crippen LogP contribution in [0.3, 0.4) is 0 Å². The maximum absolute atomic E-state index is 11.2. The molecule has 4 heteroatoms. The van der Waals surface area contributed by atoms with Crippen molar-refractivity contribution in [1.29, 1.82) is 0 Å². The third-order valence-corrected chi connectivity index (χ3v) is 1.85. The molecule has 0 saturated heterocycles. The van der Waals surface area contributed by atoms with Crippen LogP contribution in [0.25, 0.3) is 0 Å². The molecular formula is C11H14O4. The van der Waals surface area contributed by atoms with Gasteiger partial charge >= 0.3 is 5.97 Å². The van der Waals surface area contributed by atoms with Gasteiger partial charge in [0.1, 0.15) is 5.75 Å². The fourth-order valence-corrected chi connectivity index (χ4v) is 1.08. The minimum absolute atomic E-state index is 0.0203. The van der Waals surface area contributed by atoms with E-state index in [-0.39, 0.29) is 31.4 Å². The predicted molar refractivity (Wildman–Crippen MR) is 54.5 cm³/mol. The van der Waals surface area contributed by atoms with Crippen LogP contribution in [-0.4, -0.2) is 29.4 Å². The monoisotopic (exact) mass is 210 g/mol. The lowest BCUT2D eigenvalue weighted by atomic mass is 10.1. The van der Waals surface area contributed by atoms with Crippen molar-refractivity contribution in [2.75, 3.05) is 13.2 Å². The molecule has 0 fully saturated rings. The zero-order valence-electron chi connectivity index (χ0n) is 8.35. The molecule has 0 aliphatic rings. The lowest BCUT2D eigenvalue weighted by Crippen LogP contribution is -2.09. The zero-order valence-corrected chi connectivity index (χ0v) is 8.35. The number of hydrogen-bond donors (Lipinski definition) is 2. The van der Waals surface area contributed by atoms with Crippen LogP contribution in [0.5, 0.6) is 5.75 Å². The molecule has 0 heterocycles. The van der Waals surface area contributed by atoms with E-state index >= 15 is 0 Å². The number of benzene rings is 1. The van der Waals surface area contributed by atoms with Gasteiger partial charge in [0.2, 0.25) is 0 Å². The number of carbonyl (C=O) groups excluding carboxylic acids is 1. The van der Waals surface area contributed by atoms with Gasteiger partial charge in [-0.15, -0.1) is 0 Å². The van der Waals surface area contributed by atoms with Crippen molar-refractivity contribution in [3.63, 3.8) is 0 Å². The molecule has 1 rings (SSSR count). The summed E-state index contributed by atoms with van der Waals surface area (Å²) in [6.07, 6.45) is 0.646. The van der Waals surface area contributed by atoms with E-state index in [9.17, 15) is 4.79 Å². The highest BCUT2D eigenvalue weighted by Gasteiger charge is 2.04. The van der Waals surface area contributed by atoms with Crippen LogP contribution in [0.15, 0.2) is 24.3 Å². The molecule has 0 bridgehead atoms. The minimum Gasteiger partial charge on any atom is -0.508 e. The second-order valence-electron chi connectivity index (χ2n) is 3.14. The maximum Gasteiger partial charge on any atom is 0.310 e. The summed E-state index contributed by atoms with van der Waals surface area (Å²) in [5.74, 6) is -0.151. The Bertz CT molecular complexity index is 305. The summed E-state index contributed by atoms with van der Waals surface area (Å²) >= 11 is 0. The Kier molecular flexibility index (Phi) is 4.63. The summed E-state index contributed by atoms with van der Waals surface area (Å²) in [6, 6.07) is 6.39. The quantitative estimate of drug-likeness (QED) is 0.558. The van der Waals surface area contributed by atoms with Crippen LogP contribution < -0.4 is 0 Å². The van der Waals surface area contributed by atoms with Crippen LogP contribution in [0.4, 0.5) is 0 Å². The molecular weight excluding hydrogens is 196 g/mol. The van der Waals surface area contributed by atoms with E-state index in [4.69, 9.17) is 14.9 Å². The number of carbonyl (C=O) groups is 1. The molecule has 0 aliphatic carbocycles. The van der Waals surface area contributed by atoms with E-state index in [1.54, 1.807) is 12.1 Å². The Balaban J connectivity index is 2.34. The van der Waals surface area contributed by atoms with Gasteiger partial charge in [-0.25, -0.2) is 0 Å². The van der Waals surface area contributed by atoms with E-state index in [1.165, 1.54) is 12.1 Å². The number of aromatic hydroxyl groups is 1. The maximum atomic E-state index is 11.2. The standard InChI is InChI=1S/C11H14O4/c12-6-1-7-15-11(14)8-9-2-4-10(13)5-3-9/h2-5,12-13H,1,6-8H2. The van der Waals surface area contributed by atoms with Gasteiger partial charge in [0.15, 0.2) is 0 Å². The summed E-state index contributed by atoms with van der Waals surface area (Å²) in [4.78, 5) is 11.2. The van der Waals surface area contributed by atoms with Crippen molar-refractivity contribution >= 4 is 5.97 Å². The first kappa shape index (κ1) is 11.5. The summed E-state index contributed by atoms with van der Waals surface area (Å²) in [5, 5.41) is 17.5. The van der Waals surface area contributed by atoms with E-state index in [2.05, 4.69) is 0 Å². The fraction of sp³-hybridized carbons (Fsp3) is 0.364. The van der Waals surface area contributed by atoms with E-state index in [1.807, 2.05) is 0 Å². The van der Waals surface area contributed by atoms with Crippen molar-refractivity contribution in [3.05, 3.63) is 29.8 Å². The van der Waals surface area contributed by atoms with Crippen LogP contribution in [-0.2, 0) is 16.0 Å². The van der Waals surface area contributed by atoms with Gasteiger partial charge in [-0.3, -0.25) is 4.79 Å². The SMILES string of the molecule is O=C(Cc1ccc(O)cc1)OCCCO. The number of aliphatic hydroxyl groups excluding tert-OH is 1. The minimum atomic E-state index is -0.325. The molecule has 0 radical (unpaired) electrons. The molecule has 4 nitrogen and oxygen atoms in total. The number of phenolic OH excluding ortho intramolecular Hbond substituents is 1. The molecule has 0 unspecified atom stereocenters. The number of hydrogen-bond acceptors (Lipinski definition) is 4. The zero-order chi connectivity index (χ0) is 11.1. The molecule has 0 saturated carbocycles. The third kappa shape index (κ3) is 4.46. The number of rotatable bonds is 5. The van der Waals surface area contributed by atoms with Gasteiger partial charge < -0.3 is 14.9 Å². The smallest absolute Gasteiger partial charge is 0.310 e. The first-order valence-corrected chi connectivity index (χ1v) is 4.77. The van der Waals surface area contributed by atoms with Gasteiger partial charge in [0, 0.05) is 13.0 Å². The molecule has 1 aromatic carbocycles. The normalized spacial score (nSPS) is 9.93. The van der Waals surface area contributed by atoms with Crippen molar-refractivity contribution < 1.29 is 19.7 Å². The average Bonchev–Trinajstić information content (AvgIpc) is 2.22. The molecule has 15 heavy (non-hydrogen) atoms. The van der Waals surface area contributed by atoms with Crippen molar-refractivity contribution in [1.82, 2.24) is 0 Å². The van der Waals surface area contributed by atoms with Crippen LogP contribution >= 0.6 is 0 Å². The lowest BCUT2D eigenvalue weighted by Gasteiger charge is -2.03. The average molecular weight is 210 g/mol. The Morgan fingerprint density at radius 2 is 1.93 bits per heavy atom. The summed E-state index contributed by atoms with van der Waals surface area (Å²) < 4.78 is 4.86. The fourth-order valence-electron chi connectivity index (χ4n) is 1.08. The van der Waals surface area contributed by atoms with Crippen molar-refractivity contribution in [3.8, 4) is 5.75 Å². The van der Waals surface area contributed by atoms with Crippen LogP contribution in [0.1, 0.15) is 12.0 Å². The first-order chi connectivity index (χ1) is 7.22. The highest BCUT2D eigenvalue weighted by Crippen LogP contribution is 2.10. The lowest BCUT2D eigenvalue weighted by molar-refractivity contribution is -0.143. The predicted octanol–water partition coefficient (Wildman–Crippen LogP) is 0.860. The van der Waals surface area contributed by atoms with E-state index in [0.29, 0.717) is 6.42 Å². The van der Waals surface area contributed by atoms with Crippen LogP contribution in [0, 0.1) is 0 Å². The Morgan fingerprint density at radius 1 is 1.27 bits per heavy atom. The molecule has 0 spiro atoms. The number of ether oxygens (including phenoxy) is 1. The van der Waals surface area contributed by atoms with Crippen LogP contribution in [0.2, 0.25) is 0 Å². The summed E-state index contributed by atoms with van der Waals surface area (Å²) in [5.41, 5.74) is 0.793. The molecule has 0 atom stereocenters. The van der Waals surface area contributed by atoms with Gasteiger partial charge in [-0.2, -0.15) is 0 Å². The summed E-state index contributed by atoms with van der Waals surface area (Å²) in [7, 11) is 0. The Hall–Kier alpha value is -1.55. The number of phenols is 1. The highest BCUT2D eigenvalue weighted by atomic mass is 16.5. The number of aliphatic hydroxyl groups is 1. The van der Waals surface area contributed by atoms with E-state index < -0.39 is 0 Å². The second-order valence-corrected chi connectivity index (χ2v) is 3.14. The van der Waals surface area contributed by atoms with Crippen molar-refractivity contribution in [2.45, 2.75) is 12.8 Å². The Morgan fingerprint density at radius 3 is 2.53 bits per heavy atom. The van der Waals surface area contributed by atoms with Crippen molar-refractivity contribution in [2.24, 2.45) is 0 Å². The molecule has 1 aromatic rings. The van der Waals surface area contributed by atoms with Gasteiger partial charge in [0.05, 0.1) is 13.0 Å². The Labute approximate surface area is 88.1 Å². The van der Waals surface area contributed by atoms with Gasteiger partial charge in [-0.05, 0) is 17.7 Å². The topological polar surface area (TPSA) is 66.8 Å². The third-order valence-electron chi connectivity index (χ3n) is 1.85. The molecule has 82 valence electrons. The molecule has 0 amide bonds. The van der Waals surface area contributed by atoms with Gasteiger partial charge in [-0.1, -0.05) is 12.1 Å². The largest absolute Gasteiger partial charge is 0.508 e. The summed E-state index contributed by atoms with van der Waals surface area (Å²) in [6.45, 7) is 0.264. The number of esters is 1. The van der Waals surface area contributed by atoms with Gasteiger partial charge in [0.25, 0.3) is 0 Å². The highest BCUT2D eigenvalue weighted by molar-refractivity contribution is 5.72. The van der Waals surface area contributed by atoms with E-state index in [0.717, 1.165) is 5.56 Å². The first-order valence-electron chi connectivity index (χ1n) is 4.77.